The van der Waals surface area contributed by atoms with Crippen molar-refractivity contribution >= 4 is 29.1 Å². The van der Waals surface area contributed by atoms with Crippen molar-refractivity contribution in [2.24, 2.45) is 0 Å². The summed E-state index contributed by atoms with van der Waals surface area (Å²) in [6, 6.07) is 5.97. The number of quaternary nitrogens is 1. The van der Waals surface area contributed by atoms with Gasteiger partial charge in [-0.15, -0.1) is 0 Å². The second-order valence-corrected chi connectivity index (χ2v) is 6.69. The molecule has 4 nitrogen and oxygen atoms in total. The first-order valence-electron chi connectivity index (χ1n) is 7.51. The molecule has 0 aliphatic carbocycles. The van der Waals surface area contributed by atoms with Gasteiger partial charge in [0, 0.05) is 5.02 Å². The quantitative estimate of drug-likeness (QED) is 0.756. The normalized spacial score (nSPS) is 11.3. The summed E-state index contributed by atoms with van der Waals surface area (Å²) >= 11 is 11.8. The van der Waals surface area contributed by atoms with Gasteiger partial charge >= 0.3 is 0 Å². The van der Waals surface area contributed by atoms with Crippen LogP contribution in [0.4, 0.5) is 0 Å². The number of hydrogen-bond donors (Lipinski definition) is 2. The number of benzene rings is 1. The van der Waals surface area contributed by atoms with Gasteiger partial charge in [0.1, 0.15) is 5.75 Å². The predicted molar refractivity (Wildman–Crippen MR) is 91.1 cm³/mol. The van der Waals surface area contributed by atoms with E-state index in [0.29, 0.717) is 34.4 Å². The Morgan fingerprint density at radius 3 is 2.41 bits per heavy atom. The SMILES string of the molecule is CC(C)[NH+](CCNC(=O)COc1ccc(Cl)cc1Cl)C(C)C. The van der Waals surface area contributed by atoms with Crippen molar-refractivity contribution in [1.29, 1.82) is 0 Å². The van der Waals surface area contributed by atoms with Crippen molar-refractivity contribution in [2.75, 3.05) is 19.7 Å². The molecule has 0 saturated carbocycles. The minimum Gasteiger partial charge on any atom is -0.482 e. The fourth-order valence-electron chi connectivity index (χ4n) is 2.38. The molecular formula is C16H25Cl2N2O2+. The van der Waals surface area contributed by atoms with Crippen LogP contribution in [0.1, 0.15) is 27.7 Å². The molecule has 124 valence electrons. The molecule has 0 aliphatic rings. The molecule has 0 saturated heterocycles. The van der Waals surface area contributed by atoms with E-state index in [4.69, 9.17) is 27.9 Å². The summed E-state index contributed by atoms with van der Waals surface area (Å²) in [6.45, 7) is 10.2. The number of carbonyl (C=O) groups is 1. The molecule has 0 atom stereocenters. The van der Waals surface area contributed by atoms with Crippen molar-refractivity contribution in [3.8, 4) is 5.75 Å². The third-order valence-corrected chi connectivity index (χ3v) is 4.00. The minimum atomic E-state index is -0.155. The van der Waals surface area contributed by atoms with Gasteiger partial charge < -0.3 is 15.0 Å². The Morgan fingerprint density at radius 2 is 1.86 bits per heavy atom. The molecule has 22 heavy (non-hydrogen) atoms. The van der Waals surface area contributed by atoms with Crippen LogP contribution in [0.3, 0.4) is 0 Å². The molecule has 1 rings (SSSR count). The highest BCUT2D eigenvalue weighted by Crippen LogP contribution is 2.27. The topological polar surface area (TPSA) is 42.8 Å². The maximum Gasteiger partial charge on any atom is 0.258 e. The van der Waals surface area contributed by atoms with Crippen LogP contribution in [0.15, 0.2) is 18.2 Å². The highest BCUT2D eigenvalue weighted by molar-refractivity contribution is 6.35. The van der Waals surface area contributed by atoms with Crippen molar-refractivity contribution in [3.63, 3.8) is 0 Å². The zero-order chi connectivity index (χ0) is 16.7. The summed E-state index contributed by atoms with van der Waals surface area (Å²) in [7, 11) is 0. The van der Waals surface area contributed by atoms with E-state index in [1.807, 2.05) is 0 Å². The smallest absolute Gasteiger partial charge is 0.258 e. The molecule has 1 aromatic carbocycles. The van der Waals surface area contributed by atoms with Gasteiger partial charge in [-0.2, -0.15) is 0 Å². The summed E-state index contributed by atoms with van der Waals surface area (Å²) < 4.78 is 5.40. The molecule has 2 N–H and O–H groups in total. The molecule has 1 aromatic rings. The van der Waals surface area contributed by atoms with E-state index in [-0.39, 0.29) is 12.5 Å². The fourth-order valence-corrected chi connectivity index (χ4v) is 2.84. The van der Waals surface area contributed by atoms with Gasteiger partial charge in [-0.1, -0.05) is 23.2 Å². The van der Waals surface area contributed by atoms with E-state index < -0.39 is 0 Å². The average molecular weight is 348 g/mol. The van der Waals surface area contributed by atoms with E-state index in [2.05, 4.69) is 33.0 Å². The molecule has 0 aromatic heterocycles. The van der Waals surface area contributed by atoms with Gasteiger partial charge in [0.2, 0.25) is 0 Å². The van der Waals surface area contributed by atoms with Crippen LogP contribution in [0.25, 0.3) is 0 Å². The lowest BCUT2D eigenvalue weighted by Crippen LogP contribution is -3.18. The van der Waals surface area contributed by atoms with E-state index >= 15 is 0 Å². The van der Waals surface area contributed by atoms with Gasteiger partial charge in [-0.05, 0) is 45.9 Å². The fraction of sp³-hybridized carbons (Fsp3) is 0.562. The zero-order valence-corrected chi connectivity index (χ0v) is 15.1. The monoisotopic (exact) mass is 347 g/mol. The molecule has 0 fully saturated rings. The van der Waals surface area contributed by atoms with Gasteiger partial charge in [0.05, 0.1) is 30.2 Å². The van der Waals surface area contributed by atoms with E-state index in [1.165, 1.54) is 4.90 Å². The Labute approximate surface area is 142 Å². The standard InChI is InChI=1S/C16H24Cl2N2O2/c1-11(2)20(12(3)4)8-7-19-16(21)10-22-15-6-5-13(17)9-14(15)18/h5-6,9,11-12H,7-8,10H2,1-4H3,(H,19,21)/p+1. The lowest BCUT2D eigenvalue weighted by molar-refractivity contribution is -0.941. The van der Waals surface area contributed by atoms with Crippen molar-refractivity contribution in [3.05, 3.63) is 28.2 Å². The molecule has 0 bridgehead atoms. The van der Waals surface area contributed by atoms with E-state index in [9.17, 15) is 4.79 Å². The van der Waals surface area contributed by atoms with Crippen molar-refractivity contribution in [1.82, 2.24) is 5.32 Å². The Hall–Kier alpha value is -0.970. The van der Waals surface area contributed by atoms with Gasteiger partial charge in [-0.3, -0.25) is 4.79 Å². The Balaban J connectivity index is 2.34. The van der Waals surface area contributed by atoms with Gasteiger partial charge in [-0.25, -0.2) is 0 Å². The Morgan fingerprint density at radius 1 is 1.23 bits per heavy atom. The highest BCUT2D eigenvalue weighted by atomic mass is 35.5. The van der Waals surface area contributed by atoms with Gasteiger partial charge in [0.15, 0.2) is 6.61 Å². The molecule has 6 heteroatoms. The molecule has 0 spiro atoms. The number of hydrogen-bond acceptors (Lipinski definition) is 2. The molecule has 0 radical (unpaired) electrons. The highest BCUT2D eigenvalue weighted by Gasteiger charge is 2.16. The Bertz CT molecular complexity index is 485. The van der Waals surface area contributed by atoms with Crippen molar-refractivity contribution < 1.29 is 14.4 Å². The number of rotatable bonds is 8. The molecule has 1 amide bonds. The summed E-state index contributed by atoms with van der Waals surface area (Å²) in [4.78, 5) is 13.3. The second-order valence-electron chi connectivity index (χ2n) is 5.85. The number of carbonyl (C=O) groups excluding carboxylic acids is 1. The summed E-state index contributed by atoms with van der Waals surface area (Å²) in [5.74, 6) is 0.302. The van der Waals surface area contributed by atoms with E-state index in [1.54, 1.807) is 18.2 Å². The van der Waals surface area contributed by atoms with Crippen LogP contribution in [0, 0.1) is 0 Å². The number of nitrogens with one attached hydrogen (secondary N) is 2. The average Bonchev–Trinajstić information content (AvgIpc) is 2.41. The van der Waals surface area contributed by atoms with Crippen LogP contribution >= 0.6 is 23.2 Å². The van der Waals surface area contributed by atoms with Crippen LogP contribution < -0.4 is 15.0 Å². The van der Waals surface area contributed by atoms with E-state index in [0.717, 1.165) is 6.54 Å². The van der Waals surface area contributed by atoms with Crippen LogP contribution in [0.2, 0.25) is 10.0 Å². The largest absolute Gasteiger partial charge is 0.482 e. The lowest BCUT2D eigenvalue weighted by Gasteiger charge is -2.27. The first kappa shape index (κ1) is 19.1. The Kier molecular flexibility index (Phi) is 8.01. The minimum absolute atomic E-state index is 0.0555. The number of halogens is 2. The lowest BCUT2D eigenvalue weighted by atomic mass is 10.2. The second kappa shape index (κ2) is 9.23. The zero-order valence-electron chi connectivity index (χ0n) is 13.6. The molecule has 0 heterocycles. The number of amides is 1. The van der Waals surface area contributed by atoms with Crippen molar-refractivity contribution in [2.45, 2.75) is 39.8 Å². The number of ether oxygens (including phenoxy) is 1. The summed E-state index contributed by atoms with van der Waals surface area (Å²) in [5, 5.41) is 3.80. The van der Waals surface area contributed by atoms with Crippen LogP contribution in [-0.4, -0.2) is 37.7 Å². The first-order valence-corrected chi connectivity index (χ1v) is 8.27. The third-order valence-electron chi connectivity index (χ3n) is 3.47. The third kappa shape index (κ3) is 6.42. The molecule has 0 unspecified atom stereocenters. The van der Waals surface area contributed by atoms with Crippen LogP contribution in [0.5, 0.6) is 5.75 Å². The maximum absolute atomic E-state index is 11.8. The molecular weight excluding hydrogens is 323 g/mol. The first-order chi connectivity index (χ1) is 10.3. The van der Waals surface area contributed by atoms with Gasteiger partial charge in [0.25, 0.3) is 5.91 Å². The van der Waals surface area contributed by atoms with Crippen LogP contribution in [-0.2, 0) is 4.79 Å². The molecule has 0 aliphatic heterocycles. The summed E-state index contributed by atoms with van der Waals surface area (Å²) in [5.41, 5.74) is 0. The predicted octanol–water partition coefficient (Wildman–Crippen LogP) is 2.19. The maximum atomic E-state index is 11.8. The summed E-state index contributed by atoms with van der Waals surface area (Å²) in [6.07, 6.45) is 0.